The van der Waals surface area contributed by atoms with Gasteiger partial charge in [0, 0.05) is 5.75 Å². The zero-order valence-electron chi connectivity index (χ0n) is 13.2. The van der Waals surface area contributed by atoms with E-state index in [-0.39, 0.29) is 5.37 Å². The zero-order valence-corrected chi connectivity index (χ0v) is 14.0. The van der Waals surface area contributed by atoms with Gasteiger partial charge in [-0.3, -0.25) is 0 Å². The Balaban J connectivity index is 1.61. The van der Waals surface area contributed by atoms with Gasteiger partial charge in [0.05, 0.1) is 17.9 Å². The van der Waals surface area contributed by atoms with Gasteiger partial charge in [-0.1, -0.05) is 25.5 Å². The van der Waals surface area contributed by atoms with E-state index in [4.69, 9.17) is 4.63 Å². The summed E-state index contributed by atoms with van der Waals surface area (Å²) in [5.41, 5.74) is 4.44. The fourth-order valence-corrected chi connectivity index (χ4v) is 4.03. The van der Waals surface area contributed by atoms with Crippen LogP contribution in [-0.4, -0.2) is 29.8 Å². The van der Waals surface area contributed by atoms with E-state index < -0.39 is 0 Å². The van der Waals surface area contributed by atoms with Crippen LogP contribution in [0, 0.1) is 0 Å². The van der Waals surface area contributed by atoms with Crippen molar-refractivity contribution >= 4 is 34.0 Å². The first-order chi connectivity index (χ1) is 11.9. The highest BCUT2D eigenvalue weighted by Crippen LogP contribution is 2.33. The maximum Gasteiger partial charge on any atom is 0.164 e. The first-order valence-corrected chi connectivity index (χ1v) is 8.86. The van der Waals surface area contributed by atoms with Crippen LogP contribution in [-0.2, 0) is 5.75 Å². The molecule has 0 aliphatic rings. The predicted molar refractivity (Wildman–Crippen MR) is 92.4 cm³/mol. The molecular weight excluding hydrogens is 324 g/mol. The molecule has 0 amide bonds. The van der Waals surface area contributed by atoms with Crippen molar-refractivity contribution in [3.8, 4) is 0 Å². The minimum atomic E-state index is 0.255. The van der Waals surface area contributed by atoms with Crippen molar-refractivity contribution in [2.45, 2.75) is 30.9 Å². The summed E-state index contributed by atoms with van der Waals surface area (Å²) in [6.07, 6.45) is 7.28. The van der Waals surface area contributed by atoms with Gasteiger partial charge in [-0.25, -0.2) is 19.6 Å². The molecule has 0 saturated carbocycles. The first kappa shape index (κ1) is 15.1. The Morgan fingerprint density at radius 1 is 1.21 bits per heavy atom. The third-order valence-corrected chi connectivity index (χ3v) is 5.21. The molecule has 8 heteroatoms. The molecule has 3 heterocycles. The minimum absolute atomic E-state index is 0.255. The second-order valence-electron chi connectivity index (χ2n) is 5.49. The zero-order chi connectivity index (χ0) is 16.4. The van der Waals surface area contributed by atoms with Gasteiger partial charge in [-0.15, -0.1) is 11.8 Å². The van der Waals surface area contributed by atoms with Gasteiger partial charge >= 0.3 is 0 Å². The number of fused-ring (bicyclic) bond motifs is 2. The Labute approximate surface area is 142 Å². The first-order valence-electron chi connectivity index (χ1n) is 7.81. The monoisotopic (exact) mass is 340 g/mol. The Hall–Kier alpha value is -2.48. The average molecular weight is 340 g/mol. The molecule has 0 saturated heterocycles. The topological polar surface area (TPSA) is 82.5 Å². The Morgan fingerprint density at radius 3 is 3.08 bits per heavy atom. The van der Waals surface area contributed by atoms with Crippen LogP contribution in [0.15, 0.2) is 41.7 Å². The Bertz CT molecular complexity index is 965. The Kier molecular flexibility index (Phi) is 4.12. The molecule has 0 bridgehead atoms. The van der Waals surface area contributed by atoms with Crippen molar-refractivity contribution in [2.24, 2.45) is 0 Å². The van der Waals surface area contributed by atoms with E-state index in [0.717, 1.165) is 46.4 Å². The molecule has 0 fully saturated rings. The van der Waals surface area contributed by atoms with Gasteiger partial charge in [-0.05, 0) is 28.4 Å². The summed E-state index contributed by atoms with van der Waals surface area (Å²) in [6.45, 7) is 2.18. The molecule has 1 atom stereocenters. The van der Waals surface area contributed by atoms with Crippen LogP contribution in [0.1, 0.15) is 30.7 Å². The van der Waals surface area contributed by atoms with Crippen molar-refractivity contribution in [2.75, 3.05) is 0 Å². The highest BCUT2D eigenvalue weighted by molar-refractivity contribution is 7.98. The molecule has 0 aliphatic heterocycles. The van der Waals surface area contributed by atoms with Crippen LogP contribution in [0.5, 0.6) is 0 Å². The number of nitrogens with zero attached hydrogens (tertiary/aromatic N) is 6. The standard InChI is InChI=1S/C16H16N6OS/c1-2-4-14(22-10-19-13-7-17-9-18-16(13)22)24-8-11-5-3-6-12-15(11)21-23-20-12/h3,5-7,9-10,14H,2,4,8H2,1H3. The van der Waals surface area contributed by atoms with Gasteiger partial charge in [-0.2, -0.15) is 0 Å². The van der Waals surface area contributed by atoms with E-state index >= 15 is 0 Å². The molecule has 0 spiro atoms. The molecule has 7 nitrogen and oxygen atoms in total. The quantitative estimate of drug-likeness (QED) is 0.530. The molecule has 24 heavy (non-hydrogen) atoms. The Morgan fingerprint density at radius 2 is 2.17 bits per heavy atom. The lowest BCUT2D eigenvalue weighted by atomic mass is 10.2. The van der Waals surface area contributed by atoms with Crippen LogP contribution in [0.25, 0.3) is 22.2 Å². The molecule has 1 aromatic carbocycles. The van der Waals surface area contributed by atoms with E-state index in [1.807, 2.05) is 30.2 Å². The smallest absolute Gasteiger partial charge is 0.164 e. The minimum Gasteiger partial charge on any atom is -0.302 e. The van der Waals surface area contributed by atoms with Crippen molar-refractivity contribution in [3.63, 3.8) is 0 Å². The lowest BCUT2D eigenvalue weighted by Gasteiger charge is -2.18. The summed E-state index contributed by atoms with van der Waals surface area (Å²) >= 11 is 1.84. The summed E-state index contributed by atoms with van der Waals surface area (Å²) in [5.74, 6) is 0.820. The van der Waals surface area contributed by atoms with Gasteiger partial charge < -0.3 is 4.57 Å². The van der Waals surface area contributed by atoms with Crippen LogP contribution in [0.2, 0.25) is 0 Å². The summed E-state index contributed by atoms with van der Waals surface area (Å²) in [7, 11) is 0. The SMILES string of the molecule is CCCC(SCc1cccc2nonc12)n1cnc2cncnc21. The third kappa shape index (κ3) is 2.73. The number of imidazole rings is 1. The van der Waals surface area contributed by atoms with Gasteiger partial charge in [0.25, 0.3) is 0 Å². The fraction of sp³-hybridized carbons (Fsp3) is 0.312. The summed E-state index contributed by atoms with van der Waals surface area (Å²) in [6, 6.07) is 5.96. The molecule has 0 N–H and O–H groups in total. The molecule has 4 aromatic rings. The predicted octanol–water partition coefficient (Wildman–Crippen LogP) is 3.59. The molecule has 1 unspecified atom stereocenters. The fourth-order valence-electron chi connectivity index (χ4n) is 2.71. The lowest BCUT2D eigenvalue weighted by Crippen LogP contribution is -2.05. The number of aromatic nitrogens is 6. The molecule has 4 rings (SSSR count). The number of rotatable bonds is 6. The number of thioether (sulfide) groups is 1. The summed E-state index contributed by atoms with van der Waals surface area (Å²) < 4.78 is 6.98. The van der Waals surface area contributed by atoms with Crippen molar-refractivity contribution in [1.82, 2.24) is 29.8 Å². The van der Waals surface area contributed by atoms with Gasteiger partial charge in [0.15, 0.2) is 5.65 Å². The number of benzene rings is 1. The van der Waals surface area contributed by atoms with E-state index in [1.165, 1.54) is 0 Å². The lowest BCUT2D eigenvalue weighted by molar-refractivity contribution is 0.315. The number of hydrogen-bond acceptors (Lipinski definition) is 7. The molecule has 0 aliphatic carbocycles. The second kappa shape index (κ2) is 6.56. The maximum absolute atomic E-state index is 4.85. The van der Waals surface area contributed by atoms with Crippen molar-refractivity contribution < 1.29 is 4.63 Å². The van der Waals surface area contributed by atoms with Crippen LogP contribution in [0.3, 0.4) is 0 Å². The third-order valence-electron chi connectivity index (χ3n) is 3.89. The molecule has 3 aromatic heterocycles. The summed E-state index contributed by atoms with van der Waals surface area (Å²) in [4.78, 5) is 12.8. The number of hydrogen-bond donors (Lipinski definition) is 0. The van der Waals surface area contributed by atoms with E-state index in [0.29, 0.717) is 0 Å². The molecule has 0 radical (unpaired) electrons. The largest absolute Gasteiger partial charge is 0.302 e. The van der Waals surface area contributed by atoms with E-state index in [2.05, 4.69) is 42.8 Å². The van der Waals surface area contributed by atoms with Crippen LogP contribution in [0.4, 0.5) is 0 Å². The van der Waals surface area contributed by atoms with Gasteiger partial charge in [0.2, 0.25) is 0 Å². The maximum atomic E-state index is 4.85. The second-order valence-corrected chi connectivity index (χ2v) is 6.65. The van der Waals surface area contributed by atoms with Crippen molar-refractivity contribution in [1.29, 1.82) is 0 Å². The average Bonchev–Trinajstić information content (AvgIpc) is 3.25. The highest BCUT2D eigenvalue weighted by atomic mass is 32.2. The van der Waals surface area contributed by atoms with E-state index in [1.54, 1.807) is 12.5 Å². The highest BCUT2D eigenvalue weighted by Gasteiger charge is 2.16. The van der Waals surface area contributed by atoms with Crippen molar-refractivity contribution in [3.05, 3.63) is 42.6 Å². The van der Waals surface area contributed by atoms with Gasteiger partial charge in [0.1, 0.15) is 22.9 Å². The van der Waals surface area contributed by atoms with E-state index in [9.17, 15) is 0 Å². The molecular formula is C16H16N6OS. The normalized spacial score (nSPS) is 12.9. The summed E-state index contributed by atoms with van der Waals surface area (Å²) in [5, 5.41) is 8.18. The van der Waals surface area contributed by atoms with Crippen LogP contribution < -0.4 is 0 Å². The molecule has 122 valence electrons. The van der Waals surface area contributed by atoms with Crippen LogP contribution >= 0.6 is 11.8 Å².